The average Bonchev–Trinajstić information content (AvgIpc) is 2.95. The van der Waals surface area contributed by atoms with E-state index < -0.39 is 0 Å². The highest BCUT2D eigenvalue weighted by atomic mass is 16.5. The molecule has 0 radical (unpaired) electrons. The largest absolute Gasteiger partial charge is 0.373 e. The standard InChI is InChI=1S/C41H52O2/c1-29(18-14-20-31(3)22-25-37-26-24-33(5)34(6)35(37)7)16-12-13-17-30(2)19-15-21-32(4)23-27-38-36(8)40(42)39(43-11)28-41(38,9)10/h12-27,39H,28H2,1-11H3/t39-/m1/s1. The fraction of sp³-hybridized carbons (Fsp3) is 0.341. The predicted molar refractivity (Wildman–Crippen MR) is 188 cm³/mol. The van der Waals surface area contributed by atoms with Gasteiger partial charge in [-0.15, -0.1) is 0 Å². The highest BCUT2D eigenvalue weighted by Crippen LogP contribution is 2.40. The number of allylic oxidation sites excluding steroid dienone is 18. The summed E-state index contributed by atoms with van der Waals surface area (Å²) in [6.07, 6.45) is 29.9. The minimum absolute atomic E-state index is 0.0944. The molecule has 2 heteroatoms. The number of ether oxygens (including phenoxy) is 1. The van der Waals surface area contributed by atoms with Crippen molar-refractivity contribution in [2.75, 3.05) is 7.11 Å². The SMILES string of the molecule is CO[C@@H]1CC(C)(C)C(C=CC(C)=CC=CC(C)=CC=CC=C(C)C=CC=C(C)C=Cc2ccc(C)c(C)c2C)=C(C)C1=O. The molecule has 0 aromatic heterocycles. The maximum absolute atomic E-state index is 12.6. The Morgan fingerprint density at radius 2 is 1.21 bits per heavy atom. The van der Waals surface area contributed by atoms with Crippen molar-refractivity contribution in [3.63, 3.8) is 0 Å². The molecular formula is C41H52O2. The second kappa shape index (κ2) is 16.8. The summed E-state index contributed by atoms with van der Waals surface area (Å²) >= 11 is 0. The summed E-state index contributed by atoms with van der Waals surface area (Å²) in [5.74, 6) is 0.0944. The smallest absolute Gasteiger partial charge is 0.187 e. The van der Waals surface area contributed by atoms with E-state index >= 15 is 0 Å². The molecule has 2 rings (SSSR count). The fourth-order valence-corrected chi connectivity index (χ4v) is 5.02. The van der Waals surface area contributed by atoms with Gasteiger partial charge in [0.05, 0.1) is 0 Å². The lowest BCUT2D eigenvalue weighted by Gasteiger charge is -2.36. The van der Waals surface area contributed by atoms with Crippen LogP contribution in [0.1, 0.15) is 77.1 Å². The van der Waals surface area contributed by atoms with Gasteiger partial charge in [-0.3, -0.25) is 4.79 Å². The summed E-state index contributed by atoms with van der Waals surface area (Å²) in [7, 11) is 1.61. The van der Waals surface area contributed by atoms with Crippen molar-refractivity contribution in [2.45, 2.75) is 81.8 Å². The molecule has 0 unspecified atom stereocenters. The van der Waals surface area contributed by atoms with Crippen LogP contribution in [0.2, 0.25) is 0 Å². The highest BCUT2D eigenvalue weighted by molar-refractivity contribution is 6.00. The Hall–Kier alpha value is -3.75. The van der Waals surface area contributed by atoms with E-state index in [1.54, 1.807) is 7.11 Å². The lowest BCUT2D eigenvalue weighted by molar-refractivity contribution is -0.127. The van der Waals surface area contributed by atoms with E-state index in [0.717, 1.165) is 16.7 Å². The van der Waals surface area contributed by atoms with Gasteiger partial charge in [-0.2, -0.15) is 0 Å². The van der Waals surface area contributed by atoms with Gasteiger partial charge in [-0.25, -0.2) is 0 Å². The van der Waals surface area contributed by atoms with E-state index in [1.165, 1.54) is 39.0 Å². The van der Waals surface area contributed by atoms with E-state index in [4.69, 9.17) is 4.74 Å². The maximum atomic E-state index is 12.6. The third-order valence-corrected chi connectivity index (χ3v) is 8.18. The second-order valence-electron chi connectivity index (χ2n) is 12.3. The van der Waals surface area contributed by atoms with Crippen LogP contribution in [0.25, 0.3) is 6.08 Å². The molecule has 0 aliphatic heterocycles. The molecule has 0 fully saturated rings. The van der Waals surface area contributed by atoms with Crippen LogP contribution in [0.4, 0.5) is 0 Å². The van der Waals surface area contributed by atoms with Crippen LogP contribution in [-0.4, -0.2) is 19.0 Å². The predicted octanol–water partition coefficient (Wildman–Crippen LogP) is 11.0. The van der Waals surface area contributed by atoms with E-state index in [2.05, 4.69) is 160 Å². The quantitative estimate of drug-likeness (QED) is 0.245. The number of methoxy groups -OCH3 is 1. The van der Waals surface area contributed by atoms with Crippen LogP contribution in [0, 0.1) is 26.2 Å². The molecule has 0 spiro atoms. The first-order valence-electron chi connectivity index (χ1n) is 15.2. The number of carbonyl (C=O) groups is 1. The number of benzene rings is 1. The van der Waals surface area contributed by atoms with Crippen LogP contribution in [0.5, 0.6) is 0 Å². The van der Waals surface area contributed by atoms with Crippen LogP contribution in [0.15, 0.2) is 125 Å². The molecule has 0 saturated heterocycles. The van der Waals surface area contributed by atoms with Crippen molar-refractivity contribution in [3.05, 3.63) is 147 Å². The first-order valence-corrected chi connectivity index (χ1v) is 15.2. The Morgan fingerprint density at radius 3 is 1.74 bits per heavy atom. The lowest BCUT2D eigenvalue weighted by Crippen LogP contribution is -2.37. The first kappa shape index (κ1) is 35.4. The van der Waals surface area contributed by atoms with Crippen molar-refractivity contribution in [1.29, 1.82) is 0 Å². The Labute approximate surface area is 262 Å². The number of carbonyl (C=O) groups excluding carboxylic acids is 1. The van der Waals surface area contributed by atoms with Gasteiger partial charge < -0.3 is 4.74 Å². The molecule has 0 amide bonds. The Morgan fingerprint density at radius 1 is 0.721 bits per heavy atom. The maximum Gasteiger partial charge on any atom is 0.187 e. The van der Waals surface area contributed by atoms with Crippen LogP contribution >= 0.6 is 0 Å². The molecular weight excluding hydrogens is 524 g/mol. The molecule has 1 aromatic carbocycles. The van der Waals surface area contributed by atoms with Crippen molar-refractivity contribution >= 4 is 11.9 Å². The van der Waals surface area contributed by atoms with Crippen molar-refractivity contribution in [1.82, 2.24) is 0 Å². The molecule has 1 aromatic rings. The zero-order chi connectivity index (χ0) is 32.2. The zero-order valence-corrected chi connectivity index (χ0v) is 28.3. The van der Waals surface area contributed by atoms with Gasteiger partial charge in [-0.1, -0.05) is 133 Å². The molecule has 2 nitrogen and oxygen atoms in total. The third kappa shape index (κ3) is 11.1. The Bertz CT molecular complexity index is 1470. The van der Waals surface area contributed by atoms with Gasteiger partial charge in [-0.05, 0) is 101 Å². The highest BCUT2D eigenvalue weighted by Gasteiger charge is 2.37. The lowest BCUT2D eigenvalue weighted by atomic mass is 9.71. The van der Waals surface area contributed by atoms with Crippen molar-refractivity contribution in [2.24, 2.45) is 5.41 Å². The molecule has 1 atom stereocenters. The fourth-order valence-electron chi connectivity index (χ4n) is 5.02. The van der Waals surface area contributed by atoms with E-state index in [-0.39, 0.29) is 17.3 Å². The summed E-state index contributed by atoms with van der Waals surface area (Å²) < 4.78 is 5.41. The van der Waals surface area contributed by atoms with Gasteiger partial charge in [0.25, 0.3) is 0 Å². The normalized spacial score (nSPS) is 19.5. The molecule has 0 N–H and O–H groups in total. The van der Waals surface area contributed by atoms with E-state index in [9.17, 15) is 4.79 Å². The third-order valence-electron chi connectivity index (χ3n) is 8.18. The van der Waals surface area contributed by atoms with Crippen LogP contribution < -0.4 is 0 Å². The molecule has 43 heavy (non-hydrogen) atoms. The van der Waals surface area contributed by atoms with Gasteiger partial charge in [0, 0.05) is 7.11 Å². The summed E-state index contributed by atoms with van der Waals surface area (Å²) in [5.41, 5.74) is 11.8. The van der Waals surface area contributed by atoms with Crippen LogP contribution in [0.3, 0.4) is 0 Å². The monoisotopic (exact) mass is 576 g/mol. The molecule has 0 saturated carbocycles. The van der Waals surface area contributed by atoms with Crippen LogP contribution in [-0.2, 0) is 9.53 Å². The summed E-state index contributed by atoms with van der Waals surface area (Å²) in [5, 5.41) is 0. The minimum atomic E-state index is -0.343. The number of rotatable bonds is 11. The average molecular weight is 577 g/mol. The van der Waals surface area contributed by atoms with Gasteiger partial charge in [0.1, 0.15) is 6.10 Å². The molecule has 1 aliphatic carbocycles. The van der Waals surface area contributed by atoms with Crippen molar-refractivity contribution < 1.29 is 9.53 Å². The van der Waals surface area contributed by atoms with E-state index in [0.29, 0.717) is 6.42 Å². The zero-order valence-electron chi connectivity index (χ0n) is 28.3. The van der Waals surface area contributed by atoms with Gasteiger partial charge in [0.15, 0.2) is 5.78 Å². The minimum Gasteiger partial charge on any atom is -0.373 e. The van der Waals surface area contributed by atoms with Crippen molar-refractivity contribution in [3.8, 4) is 0 Å². The van der Waals surface area contributed by atoms with Gasteiger partial charge >= 0.3 is 0 Å². The first-order chi connectivity index (χ1) is 20.3. The number of hydrogen-bond acceptors (Lipinski definition) is 2. The number of Topliss-reactive ketones (excluding diaryl/α,β-unsaturated/α-hetero) is 1. The topological polar surface area (TPSA) is 26.3 Å². The second-order valence-corrected chi connectivity index (χ2v) is 12.3. The van der Waals surface area contributed by atoms with E-state index in [1.807, 2.05) is 6.92 Å². The molecule has 1 aliphatic rings. The summed E-state index contributed by atoms with van der Waals surface area (Å²) in [6.45, 7) is 21.2. The number of aryl methyl sites for hydroxylation is 1. The Balaban J connectivity index is 1.93. The van der Waals surface area contributed by atoms with Gasteiger partial charge in [0.2, 0.25) is 0 Å². The summed E-state index contributed by atoms with van der Waals surface area (Å²) in [6, 6.07) is 4.38. The molecule has 228 valence electrons. The number of hydrogen-bond donors (Lipinski definition) is 0. The Kier molecular flexibility index (Phi) is 13.8. The molecule has 0 heterocycles. The summed E-state index contributed by atoms with van der Waals surface area (Å²) in [4.78, 5) is 12.6. The number of ketones is 1. The molecule has 0 bridgehead atoms.